The molecule has 1 aromatic rings. The third kappa shape index (κ3) is 3.85. The number of carboxylic acids is 1. The molecule has 0 aromatic carbocycles. The number of nitrogens with zero attached hydrogens (tertiary/aromatic N) is 2. The number of hydrogen-bond donors (Lipinski definition) is 2. The number of carboxylic acid groups (broad SMARTS) is 1. The Kier molecular flexibility index (Phi) is 5.30. The number of pyridine rings is 1. The number of aliphatic carboxylic acids is 1. The van der Waals surface area contributed by atoms with Crippen molar-refractivity contribution in [3.63, 3.8) is 0 Å². The summed E-state index contributed by atoms with van der Waals surface area (Å²) in [5.41, 5.74) is -0.191. The first-order valence-electron chi connectivity index (χ1n) is 5.30. The zero-order valence-corrected chi connectivity index (χ0v) is 9.79. The minimum Gasteiger partial charge on any atom is -0.476 e. The summed E-state index contributed by atoms with van der Waals surface area (Å²) in [6.07, 6.45) is 1.17. The van der Waals surface area contributed by atoms with Gasteiger partial charge < -0.3 is 15.3 Å². The van der Waals surface area contributed by atoms with Crippen LogP contribution in [0.15, 0.2) is 23.4 Å². The highest BCUT2D eigenvalue weighted by Gasteiger charge is 2.15. The first-order valence-corrected chi connectivity index (χ1v) is 5.30. The summed E-state index contributed by atoms with van der Waals surface area (Å²) in [5, 5.41) is 14.9. The number of anilines is 1. The Labute approximate surface area is 103 Å². The van der Waals surface area contributed by atoms with E-state index in [1.165, 1.54) is 12.1 Å². The Hall–Kier alpha value is -2.44. The zero-order valence-electron chi connectivity index (χ0n) is 9.79. The van der Waals surface area contributed by atoms with Crippen LogP contribution < -0.4 is 5.32 Å². The summed E-state index contributed by atoms with van der Waals surface area (Å²) in [7, 11) is 0. The molecule has 0 atom stereocenters. The van der Waals surface area contributed by atoms with Crippen molar-refractivity contribution in [2.75, 3.05) is 11.9 Å². The van der Waals surface area contributed by atoms with Gasteiger partial charge in [-0.2, -0.15) is 0 Å². The summed E-state index contributed by atoms with van der Waals surface area (Å²) in [5.74, 6) is -1.01. The molecule has 18 heavy (non-hydrogen) atoms. The van der Waals surface area contributed by atoms with Crippen molar-refractivity contribution >= 4 is 23.9 Å². The molecule has 96 valence electrons. The van der Waals surface area contributed by atoms with Crippen LogP contribution in [0.2, 0.25) is 0 Å². The van der Waals surface area contributed by atoms with Crippen LogP contribution >= 0.6 is 0 Å². The number of oxime groups is 1. The Bertz CT molecular complexity index is 459. The number of amides is 1. The first kappa shape index (κ1) is 13.6. The second kappa shape index (κ2) is 7.00. The fourth-order valence-electron chi connectivity index (χ4n) is 1.10. The van der Waals surface area contributed by atoms with Crippen molar-refractivity contribution in [1.29, 1.82) is 0 Å². The average Bonchev–Trinajstić information content (AvgIpc) is 2.35. The number of rotatable bonds is 7. The van der Waals surface area contributed by atoms with Gasteiger partial charge in [0, 0.05) is 0 Å². The summed E-state index contributed by atoms with van der Waals surface area (Å²) in [6.45, 7) is 2.20. The molecule has 0 fully saturated rings. The lowest BCUT2D eigenvalue weighted by molar-refractivity contribution is -0.129. The summed E-state index contributed by atoms with van der Waals surface area (Å²) < 4.78 is 0. The highest BCUT2D eigenvalue weighted by molar-refractivity contribution is 6.41. The number of nitrogens with one attached hydrogen (secondary N) is 1. The molecule has 0 aliphatic carbocycles. The molecule has 1 rings (SSSR count). The maximum Gasteiger partial charge on any atom is 0.360 e. The molecule has 1 heterocycles. The van der Waals surface area contributed by atoms with Gasteiger partial charge in [0.15, 0.2) is 0 Å². The van der Waals surface area contributed by atoms with Crippen LogP contribution in [0, 0.1) is 0 Å². The highest BCUT2D eigenvalue weighted by atomic mass is 16.6. The molecule has 0 saturated heterocycles. The lowest BCUT2D eigenvalue weighted by atomic mass is 10.2. The van der Waals surface area contributed by atoms with Gasteiger partial charge in [-0.05, 0) is 18.6 Å². The van der Waals surface area contributed by atoms with E-state index < -0.39 is 5.97 Å². The van der Waals surface area contributed by atoms with Crippen molar-refractivity contribution in [3.8, 4) is 0 Å². The lowest BCUT2D eigenvalue weighted by Crippen LogP contribution is -2.17. The van der Waals surface area contributed by atoms with Crippen LogP contribution in [0.1, 0.15) is 19.0 Å². The topological polar surface area (TPSA) is 101 Å². The van der Waals surface area contributed by atoms with E-state index >= 15 is 0 Å². The minimum atomic E-state index is -1.25. The van der Waals surface area contributed by atoms with Gasteiger partial charge in [0.2, 0.25) is 12.1 Å². The van der Waals surface area contributed by atoms with Crippen LogP contribution in [0.4, 0.5) is 5.82 Å². The summed E-state index contributed by atoms with van der Waals surface area (Å²) in [4.78, 5) is 30.1. The normalized spacial score (nSPS) is 10.8. The first-order chi connectivity index (χ1) is 8.69. The predicted octanol–water partition coefficient (Wildman–Crippen LogP) is 0.865. The van der Waals surface area contributed by atoms with E-state index in [4.69, 9.17) is 9.94 Å². The van der Waals surface area contributed by atoms with Gasteiger partial charge in [-0.1, -0.05) is 18.1 Å². The lowest BCUT2D eigenvalue weighted by Gasteiger charge is -2.03. The number of hydrogen-bond acceptors (Lipinski definition) is 5. The summed E-state index contributed by atoms with van der Waals surface area (Å²) >= 11 is 0. The van der Waals surface area contributed by atoms with E-state index in [0.29, 0.717) is 13.0 Å². The quantitative estimate of drug-likeness (QED) is 0.324. The monoisotopic (exact) mass is 251 g/mol. The number of aromatic nitrogens is 1. The van der Waals surface area contributed by atoms with Gasteiger partial charge >= 0.3 is 5.97 Å². The fourth-order valence-corrected chi connectivity index (χ4v) is 1.10. The molecule has 7 heteroatoms. The maximum atomic E-state index is 11.0. The Morgan fingerprint density at radius 1 is 1.61 bits per heavy atom. The molecule has 0 aliphatic heterocycles. The molecule has 0 spiro atoms. The molecule has 7 nitrogen and oxygen atoms in total. The maximum absolute atomic E-state index is 11.0. The standard InChI is InChI=1S/C11H13N3O4/c1-2-6-18-14-10(11(16)17)8-4-3-5-9(13-8)12-7-15/h3-5,7H,2,6H2,1H3,(H,16,17)(H,12,13,15). The van der Waals surface area contributed by atoms with E-state index in [0.717, 1.165) is 6.42 Å². The molecule has 0 aliphatic rings. The van der Waals surface area contributed by atoms with Gasteiger partial charge in [-0.25, -0.2) is 9.78 Å². The number of carbonyl (C=O) groups excluding carboxylic acids is 1. The minimum absolute atomic E-state index is 0.116. The van der Waals surface area contributed by atoms with Crippen LogP contribution in [0.5, 0.6) is 0 Å². The zero-order chi connectivity index (χ0) is 13.4. The van der Waals surface area contributed by atoms with Crippen molar-refractivity contribution in [3.05, 3.63) is 23.9 Å². The molecule has 0 radical (unpaired) electrons. The van der Waals surface area contributed by atoms with E-state index in [-0.39, 0.29) is 17.2 Å². The Balaban J connectivity index is 2.98. The SMILES string of the molecule is CCCON=C(C(=O)O)c1cccc(NC=O)n1. The average molecular weight is 251 g/mol. The molecule has 0 bridgehead atoms. The van der Waals surface area contributed by atoms with Crippen LogP contribution in [0.25, 0.3) is 0 Å². The van der Waals surface area contributed by atoms with Crippen molar-refractivity contribution in [2.24, 2.45) is 5.16 Å². The van der Waals surface area contributed by atoms with E-state index in [2.05, 4.69) is 15.5 Å². The highest BCUT2D eigenvalue weighted by Crippen LogP contribution is 2.06. The van der Waals surface area contributed by atoms with E-state index in [1.54, 1.807) is 6.07 Å². The smallest absolute Gasteiger partial charge is 0.360 e. The second-order valence-corrected chi connectivity index (χ2v) is 3.25. The largest absolute Gasteiger partial charge is 0.476 e. The third-order valence-corrected chi connectivity index (χ3v) is 1.85. The second-order valence-electron chi connectivity index (χ2n) is 3.25. The Morgan fingerprint density at radius 3 is 3.00 bits per heavy atom. The molecule has 1 amide bonds. The van der Waals surface area contributed by atoms with Crippen LogP contribution in [0.3, 0.4) is 0 Å². The summed E-state index contributed by atoms with van der Waals surface area (Å²) in [6, 6.07) is 4.56. The van der Waals surface area contributed by atoms with Crippen LogP contribution in [-0.2, 0) is 14.4 Å². The van der Waals surface area contributed by atoms with Gasteiger partial charge in [0.1, 0.15) is 18.1 Å². The molecule has 0 unspecified atom stereocenters. The molecular weight excluding hydrogens is 238 g/mol. The number of carbonyl (C=O) groups is 2. The van der Waals surface area contributed by atoms with Crippen molar-refractivity contribution in [1.82, 2.24) is 4.98 Å². The molecular formula is C11H13N3O4. The van der Waals surface area contributed by atoms with Crippen molar-refractivity contribution in [2.45, 2.75) is 13.3 Å². The van der Waals surface area contributed by atoms with Crippen molar-refractivity contribution < 1.29 is 19.5 Å². The van der Waals surface area contributed by atoms with Gasteiger partial charge in [0.25, 0.3) is 0 Å². The molecule has 0 saturated carbocycles. The Morgan fingerprint density at radius 2 is 2.39 bits per heavy atom. The van der Waals surface area contributed by atoms with E-state index in [1.807, 2.05) is 6.92 Å². The van der Waals surface area contributed by atoms with E-state index in [9.17, 15) is 9.59 Å². The molecule has 1 aromatic heterocycles. The van der Waals surface area contributed by atoms with Gasteiger partial charge in [0.05, 0.1) is 0 Å². The fraction of sp³-hybridized carbons (Fsp3) is 0.273. The predicted molar refractivity (Wildman–Crippen MR) is 64.3 cm³/mol. The van der Waals surface area contributed by atoms with Gasteiger partial charge in [-0.15, -0.1) is 0 Å². The third-order valence-electron chi connectivity index (χ3n) is 1.85. The van der Waals surface area contributed by atoms with Crippen LogP contribution in [-0.4, -0.2) is 34.8 Å². The van der Waals surface area contributed by atoms with Gasteiger partial charge in [-0.3, -0.25) is 4.79 Å². The molecule has 2 N–H and O–H groups in total.